The van der Waals surface area contributed by atoms with E-state index < -0.39 is 0 Å². The maximum absolute atomic E-state index is 6.05. The summed E-state index contributed by atoms with van der Waals surface area (Å²) in [5.74, 6) is 1.68. The topological polar surface area (TPSA) is 25.8 Å². The molecule has 15 heavy (non-hydrogen) atoms. The van der Waals surface area contributed by atoms with Gasteiger partial charge in [-0.25, -0.2) is 9.97 Å². The molecule has 1 rings (SSSR count). The smallest absolute Gasteiger partial charge is 0.146 e. The quantitative estimate of drug-likeness (QED) is 0.604. The fraction of sp³-hybridized carbons (Fsp3) is 0.600. The van der Waals surface area contributed by atoms with Gasteiger partial charge in [-0.3, -0.25) is 0 Å². The predicted molar refractivity (Wildman–Crippen MR) is 75.6 cm³/mol. The molecule has 0 aliphatic carbocycles. The van der Waals surface area contributed by atoms with Crippen LogP contribution >= 0.6 is 46.0 Å². The molecule has 0 spiro atoms. The summed E-state index contributed by atoms with van der Waals surface area (Å²) in [5, 5.41) is 1.18. The Bertz CT molecular complexity index is 344. The average molecular weight is 357 g/mol. The highest BCUT2D eigenvalue weighted by atomic mass is 127. The van der Waals surface area contributed by atoms with Crippen LogP contribution in [0, 0.1) is 3.57 Å². The Morgan fingerprint density at radius 3 is 2.60 bits per heavy atom. The average Bonchev–Trinajstić information content (AvgIpc) is 2.19. The zero-order chi connectivity index (χ0) is 11.4. The van der Waals surface area contributed by atoms with Gasteiger partial charge < -0.3 is 0 Å². The Hall–Kier alpha value is 0.450. The van der Waals surface area contributed by atoms with Gasteiger partial charge in [0.15, 0.2) is 0 Å². The summed E-state index contributed by atoms with van der Waals surface area (Å²) < 4.78 is 0.982. The Morgan fingerprint density at radius 1 is 1.40 bits per heavy atom. The highest BCUT2D eigenvalue weighted by Gasteiger charge is 2.09. The van der Waals surface area contributed by atoms with Crippen molar-refractivity contribution >= 4 is 46.0 Å². The second-order valence-corrected chi connectivity index (χ2v) is 6.41. The van der Waals surface area contributed by atoms with Gasteiger partial charge in [-0.15, -0.1) is 0 Å². The molecule has 1 heterocycles. The molecule has 0 bridgehead atoms. The van der Waals surface area contributed by atoms with Crippen molar-refractivity contribution in [3.63, 3.8) is 0 Å². The van der Waals surface area contributed by atoms with Crippen molar-refractivity contribution in [2.75, 3.05) is 0 Å². The summed E-state index contributed by atoms with van der Waals surface area (Å²) in [7, 11) is 0. The zero-order valence-electron chi connectivity index (χ0n) is 9.05. The van der Waals surface area contributed by atoms with Gasteiger partial charge in [0.05, 0.1) is 15.0 Å². The fourth-order valence-corrected chi connectivity index (χ4v) is 2.49. The normalized spacial score (nSPS) is 11.1. The molecule has 0 atom stereocenters. The number of hydrogen-bond donors (Lipinski definition) is 0. The van der Waals surface area contributed by atoms with E-state index >= 15 is 0 Å². The highest BCUT2D eigenvalue weighted by Crippen LogP contribution is 2.22. The van der Waals surface area contributed by atoms with E-state index in [0.717, 1.165) is 27.3 Å². The second-order valence-electron chi connectivity index (χ2n) is 3.40. The monoisotopic (exact) mass is 356 g/mol. The van der Waals surface area contributed by atoms with Gasteiger partial charge >= 0.3 is 0 Å². The summed E-state index contributed by atoms with van der Waals surface area (Å²) in [6, 6.07) is 0. The summed E-state index contributed by atoms with van der Waals surface area (Å²) in [5.41, 5.74) is 1.05. The molecule has 2 nitrogen and oxygen atoms in total. The lowest BCUT2D eigenvalue weighted by molar-refractivity contribution is 0.924. The van der Waals surface area contributed by atoms with Crippen LogP contribution in [-0.2, 0) is 12.2 Å². The van der Waals surface area contributed by atoms with E-state index in [0.29, 0.717) is 10.4 Å². The largest absolute Gasteiger partial charge is 0.236 e. The van der Waals surface area contributed by atoms with Crippen LogP contribution in [0.2, 0.25) is 5.15 Å². The minimum absolute atomic E-state index is 0.585. The Kier molecular flexibility index (Phi) is 5.63. The molecule has 0 saturated carbocycles. The number of aromatic nitrogens is 2. The Labute approximate surface area is 114 Å². The Morgan fingerprint density at radius 2 is 2.07 bits per heavy atom. The molecule has 0 amide bonds. The lowest BCUT2D eigenvalue weighted by atomic mass is 10.3. The van der Waals surface area contributed by atoms with Gasteiger partial charge in [0.25, 0.3) is 0 Å². The number of hydrogen-bond acceptors (Lipinski definition) is 3. The van der Waals surface area contributed by atoms with Crippen LogP contribution in [0.5, 0.6) is 0 Å². The molecule has 1 aromatic rings. The van der Waals surface area contributed by atoms with Crippen molar-refractivity contribution in [2.24, 2.45) is 0 Å². The minimum atomic E-state index is 0.585. The van der Waals surface area contributed by atoms with Crippen LogP contribution in [-0.4, -0.2) is 15.2 Å². The van der Waals surface area contributed by atoms with Gasteiger partial charge in [0.1, 0.15) is 11.0 Å². The number of rotatable bonds is 4. The molecule has 1 aromatic heterocycles. The molecule has 0 aliphatic heterocycles. The molecule has 5 heteroatoms. The molecule has 0 aromatic carbocycles. The van der Waals surface area contributed by atoms with E-state index in [2.05, 4.69) is 53.3 Å². The van der Waals surface area contributed by atoms with E-state index in [1.165, 1.54) is 0 Å². The highest BCUT2D eigenvalue weighted by molar-refractivity contribution is 14.1. The summed E-state index contributed by atoms with van der Waals surface area (Å²) in [6.45, 7) is 6.42. The van der Waals surface area contributed by atoms with Gasteiger partial charge in [-0.05, 0) is 34.3 Å². The lowest BCUT2D eigenvalue weighted by Crippen LogP contribution is -2.02. The van der Waals surface area contributed by atoms with Crippen LogP contribution in [0.15, 0.2) is 0 Å². The van der Waals surface area contributed by atoms with E-state index in [4.69, 9.17) is 11.6 Å². The van der Waals surface area contributed by atoms with Crippen LogP contribution < -0.4 is 0 Å². The number of thioether (sulfide) groups is 1. The Balaban J connectivity index is 2.86. The summed E-state index contributed by atoms with van der Waals surface area (Å²) in [4.78, 5) is 8.78. The molecular weight excluding hydrogens is 343 g/mol. The third-order valence-corrected chi connectivity index (χ3v) is 4.62. The predicted octanol–water partition coefficient (Wildman–Crippen LogP) is 3.94. The second kappa shape index (κ2) is 6.25. The van der Waals surface area contributed by atoms with E-state index in [9.17, 15) is 0 Å². The zero-order valence-corrected chi connectivity index (χ0v) is 12.8. The van der Waals surface area contributed by atoms with Crippen LogP contribution in [0.25, 0.3) is 0 Å². The standard InChI is InChI=1S/C10H14ClIN2S/c1-4-7-9(12)10(11)14-8(13-7)5-15-6(2)3/h6H,4-5H2,1-3H3. The molecule has 0 fully saturated rings. The lowest BCUT2D eigenvalue weighted by Gasteiger charge is -2.07. The fourth-order valence-electron chi connectivity index (χ4n) is 1.05. The van der Waals surface area contributed by atoms with Crippen molar-refractivity contribution < 1.29 is 0 Å². The number of aryl methyl sites for hydroxylation is 1. The number of halogens is 2. The first kappa shape index (κ1) is 13.5. The van der Waals surface area contributed by atoms with Crippen molar-refractivity contribution in [1.82, 2.24) is 9.97 Å². The maximum atomic E-state index is 6.05. The molecule has 0 radical (unpaired) electrons. The third-order valence-electron chi connectivity index (χ3n) is 1.81. The number of nitrogens with zero attached hydrogens (tertiary/aromatic N) is 2. The molecule has 0 saturated heterocycles. The van der Waals surface area contributed by atoms with Crippen LogP contribution in [0.3, 0.4) is 0 Å². The maximum Gasteiger partial charge on any atom is 0.146 e. The van der Waals surface area contributed by atoms with Gasteiger partial charge in [0, 0.05) is 0 Å². The first-order valence-corrected chi connectivity index (χ1v) is 7.37. The van der Waals surface area contributed by atoms with E-state index in [-0.39, 0.29) is 0 Å². The van der Waals surface area contributed by atoms with Gasteiger partial charge in [-0.2, -0.15) is 11.8 Å². The van der Waals surface area contributed by atoms with E-state index in [1.807, 2.05) is 11.8 Å². The van der Waals surface area contributed by atoms with Crippen molar-refractivity contribution in [3.8, 4) is 0 Å². The van der Waals surface area contributed by atoms with Crippen LogP contribution in [0.4, 0.5) is 0 Å². The molecule has 84 valence electrons. The first-order valence-electron chi connectivity index (χ1n) is 4.87. The molecular formula is C10H14ClIN2S. The first-order chi connectivity index (χ1) is 7.04. The van der Waals surface area contributed by atoms with Gasteiger partial charge in [0.2, 0.25) is 0 Å². The third kappa shape index (κ3) is 4.07. The SMILES string of the molecule is CCc1nc(CSC(C)C)nc(Cl)c1I. The van der Waals surface area contributed by atoms with Crippen LogP contribution in [0.1, 0.15) is 32.3 Å². The van der Waals surface area contributed by atoms with Crippen molar-refractivity contribution in [1.29, 1.82) is 0 Å². The molecule has 0 aliphatic rings. The van der Waals surface area contributed by atoms with E-state index in [1.54, 1.807) is 0 Å². The van der Waals surface area contributed by atoms with Crippen molar-refractivity contribution in [2.45, 2.75) is 38.2 Å². The molecule has 0 N–H and O–H groups in total. The molecule has 0 unspecified atom stereocenters. The van der Waals surface area contributed by atoms with Gasteiger partial charge in [-0.1, -0.05) is 32.4 Å². The summed E-state index contributed by atoms with van der Waals surface area (Å²) in [6.07, 6.45) is 0.903. The minimum Gasteiger partial charge on any atom is -0.236 e. The van der Waals surface area contributed by atoms with Crippen molar-refractivity contribution in [3.05, 3.63) is 20.2 Å². The summed E-state index contributed by atoms with van der Waals surface area (Å²) >= 11 is 10.1.